The standard InChI is InChI=1S/C22H19F3N4O3/c1-26-20(30)19-12-16(9-10-27-19)32-15-6-4-5-14(11-15)13-28-21(31)29-18-8-3-2-7-17(18)22(23,24)25/h2-12H,13H2,1H3,(H,26,30)(H2,28,29,31). The van der Waals surface area contributed by atoms with Crippen LogP contribution in [0.15, 0.2) is 66.9 Å². The van der Waals surface area contributed by atoms with Gasteiger partial charge in [0, 0.05) is 25.9 Å². The summed E-state index contributed by atoms with van der Waals surface area (Å²) in [6.45, 7) is 0.0526. The van der Waals surface area contributed by atoms with E-state index in [4.69, 9.17) is 4.74 Å². The number of hydrogen-bond acceptors (Lipinski definition) is 4. The van der Waals surface area contributed by atoms with E-state index in [-0.39, 0.29) is 23.8 Å². The number of hydrogen-bond donors (Lipinski definition) is 3. The number of ether oxygens (including phenoxy) is 1. The van der Waals surface area contributed by atoms with E-state index in [0.717, 1.165) is 6.07 Å². The maximum Gasteiger partial charge on any atom is 0.418 e. The molecule has 166 valence electrons. The SMILES string of the molecule is CNC(=O)c1cc(Oc2cccc(CNC(=O)Nc3ccccc3C(F)(F)F)c2)ccn1. The summed E-state index contributed by atoms with van der Waals surface area (Å²) in [6.07, 6.45) is -3.14. The first-order chi connectivity index (χ1) is 15.3. The predicted octanol–water partition coefficient (Wildman–Crippen LogP) is 4.57. The molecular weight excluding hydrogens is 425 g/mol. The van der Waals surface area contributed by atoms with Crippen LogP contribution in [0, 0.1) is 0 Å². The molecule has 0 unspecified atom stereocenters. The third-order valence-corrected chi connectivity index (χ3v) is 4.26. The van der Waals surface area contributed by atoms with Gasteiger partial charge in [-0.05, 0) is 35.9 Å². The molecule has 3 rings (SSSR count). The Morgan fingerprint density at radius 1 is 1.00 bits per heavy atom. The fourth-order valence-electron chi connectivity index (χ4n) is 2.77. The lowest BCUT2D eigenvalue weighted by Gasteiger charge is -2.14. The Balaban J connectivity index is 1.62. The number of benzene rings is 2. The van der Waals surface area contributed by atoms with Crippen LogP contribution < -0.4 is 20.7 Å². The van der Waals surface area contributed by atoms with Gasteiger partial charge in [-0.3, -0.25) is 9.78 Å². The van der Waals surface area contributed by atoms with E-state index in [9.17, 15) is 22.8 Å². The molecule has 0 radical (unpaired) electrons. The van der Waals surface area contributed by atoms with Crippen LogP contribution in [0.1, 0.15) is 21.6 Å². The second-order valence-electron chi connectivity index (χ2n) is 6.56. The number of nitrogens with zero attached hydrogens (tertiary/aromatic N) is 1. The summed E-state index contributed by atoms with van der Waals surface area (Å²) in [6, 6.07) is 13.8. The highest BCUT2D eigenvalue weighted by molar-refractivity contribution is 5.92. The van der Waals surface area contributed by atoms with Crippen molar-refractivity contribution in [3.8, 4) is 11.5 Å². The molecule has 3 N–H and O–H groups in total. The Labute approximate surface area is 181 Å². The molecule has 0 saturated carbocycles. The first kappa shape index (κ1) is 22.6. The van der Waals surface area contributed by atoms with Crippen molar-refractivity contribution in [1.82, 2.24) is 15.6 Å². The van der Waals surface area contributed by atoms with E-state index < -0.39 is 17.8 Å². The van der Waals surface area contributed by atoms with E-state index in [1.165, 1.54) is 37.5 Å². The molecule has 10 heteroatoms. The molecule has 32 heavy (non-hydrogen) atoms. The summed E-state index contributed by atoms with van der Waals surface area (Å²) < 4.78 is 44.9. The maximum atomic E-state index is 13.1. The number of pyridine rings is 1. The zero-order valence-electron chi connectivity index (χ0n) is 16.9. The third kappa shape index (κ3) is 5.97. The number of halogens is 3. The largest absolute Gasteiger partial charge is 0.457 e. The fraction of sp³-hybridized carbons (Fsp3) is 0.136. The molecule has 0 aliphatic rings. The molecule has 3 aromatic rings. The van der Waals surface area contributed by atoms with Gasteiger partial charge in [-0.15, -0.1) is 0 Å². The van der Waals surface area contributed by atoms with Crippen molar-refractivity contribution in [2.75, 3.05) is 12.4 Å². The molecule has 1 aromatic heterocycles. The lowest BCUT2D eigenvalue weighted by atomic mass is 10.1. The van der Waals surface area contributed by atoms with E-state index in [1.54, 1.807) is 30.3 Å². The van der Waals surface area contributed by atoms with Gasteiger partial charge >= 0.3 is 12.2 Å². The van der Waals surface area contributed by atoms with Crippen LogP contribution in [-0.4, -0.2) is 24.0 Å². The second-order valence-corrected chi connectivity index (χ2v) is 6.56. The van der Waals surface area contributed by atoms with E-state index in [2.05, 4.69) is 20.9 Å². The normalized spacial score (nSPS) is 10.9. The van der Waals surface area contributed by atoms with Crippen molar-refractivity contribution >= 4 is 17.6 Å². The Morgan fingerprint density at radius 3 is 2.50 bits per heavy atom. The quantitative estimate of drug-likeness (QED) is 0.519. The molecule has 0 aliphatic carbocycles. The Bertz CT molecular complexity index is 1120. The maximum absolute atomic E-state index is 13.1. The number of carbonyl (C=O) groups excluding carboxylic acids is 2. The number of rotatable bonds is 6. The molecule has 0 bridgehead atoms. The molecule has 7 nitrogen and oxygen atoms in total. The minimum atomic E-state index is -4.58. The van der Waals surface area contributed by atoms with Gasteiger partial charge in [0.15, 0.2) is 0 Å². The Kier molecular flexibility index (Phi) is 6.93. The number of carbonyl (C=O) groups is 2. The minimum Gasteiger partial charge on any atom is -0.457 e. The summed E-state index contributed by atoms with van der Waals surface area (Å²) >= 11 is 0. The van der Waals surface area contributed by atoms with Crippen molar-refractivity contribution in [1.29, 1.82) is 0 Å². The average molecular weight is 444 g/mol. The van der Waals surface area contributed by atoms with E-state index in [0.29, 0.717) is 17.1 Å². The summed E-state index contributed by atoms with van der Waals surface area (Å²) in [5.41, 5.74) is -0.417. The van der Waals surface area contributed by atoms with E-state index in [1.807, 2.05) is 0 Å². The molecule has 1 heterocycles. The number of alkyl halides is 3. The zero-order chi connectivity index (χ0) is 23.1. The number of amides is 3. The van der Waals surface area contributed by atoms with Crippen molar-refractivity contribution < 1.29 is 27.5 Å². The zero-order valence-corrected chi connectivity index (χ0v) is 16.9. The molecule has 0 saturated heterocycles. The van der Waals surface area contributed by atoms with Gasteiger partial charge in [-0.2, -0.15) is 13.2 Å². The Hall–Kier alpha value is -4.08. The van der Waals surface area contributed by atoms with Crippen LogP contribution in [0.25, 0.3) is 0 Å². The lowest BCUT2D eigenvalue weighted by Crippen LogP contribution is -2.29. The molecule has 0 fully saturated rings. The summed E-state index contributed by atoms with van der Waals surface area (Å²) in [5, 5.41) is 7.20. The van der Waals surface area contributed by atoms with Gasteiger partial charge in [0.25, 0.3) is 5.91 Å². The highest BCUT2D eigenvalue weighted by Crippen LogP contribution is 2.34. The van der Waals surface area contributed by atoms with E-state index >= 15 is 0 Å². The number of nitrogens with one attached hydrogen (secondary N) is 3. The summed E-state index contributed by atoms with van der Waals surface area (Å²) in [4.78, 5) is 27.8. The van der Waals surface area contributed by atoms with Crippen LogP contribution in [0.4, 0.5) is 23.7 Å². The second kappa shape index (κ2) is 9.82. The highest BCUT2D eigenvalue weighted by Gasteiger charge is 2.33. The Morgan fingerprint density at radius 2 is 1.75 bits per heavy atom. The third-order valence-electron chi connectivity index (χ3n) is 4.26. The van der Waals surface area contributed by atoms with Crippen LogP contribution in [0.3, 0.4) is 0 Å². The molecule has 0 atom stereocenters. The molecule has 2 aromatic carbocycles. The molecule has 3 amide bonds. The topological polar surface area (TPSA) is 92.4 Å². The number of urea groups is 1. The first-order valence-electron chi connectivity index (χ1n) is 9.42. The van der Waals surface area contributed by atoms with Crippen molar-refractivity contribution in [2.45, 2.75) is 12.7 Å². The predicted molar refractivity (Wildman–Crippen MR) is 111 cm³/mol. The minimum absolute atomic E-state index is 0.0526. The average Bonchev–Trinajstić information content (AvgIpc) is 2.77. The first-order valence-corrected chi connectivity index (χ1v) is 9.42. The molecule has 0 spiro atoms. The highest BCUT2D eigenvalue weighted by atomic mass is 19.4. The van der Waals surface area contributed by atoms with Gasteiger partial charge in [0.05, 0.1) is 11.3 Å². The van der Waals surface area contributed by atoms with Crippen LogP contribution in [0.5, 0.6) is 11.5 Å². The molecule has 0 aliphatic heterocycles. The summed E-state index contributed by atoms with van der Waals surface area (Å²) in [7, 11) is 1.49. The van der Waals surface area contributed by atoms with Gasteiger partial charge in [0.2, 0.25) is 0 Å². The van der Waals surface area contributed by atoms with Crippen LogP contribution in [-0.2, 0) is 12.7 Å². The van der Waals surface area contributed by atoms with Gasteiger partial charge < -0.3 is 20.7 Å². The van der Waals surface area contributed by atoms with Crippen molar-refractivity contribution in [2.24, 2.45) is 0 Å². The van der Waals surface area contributed by atoms with Crippen molar-refractivity contribution in [3.05, 3.63) is 83.7 Å². The van der Waals surface area contributed by atoms with Gasteiger partial charge in [-0.1, -0.05) is 24.3 Å². The van der Waals surface area contributed by atoms with Crippen LogP contribution >= 0.6 is 0 Å². The van der Waals surface area contributed by atoms with Gasteiger partial charge in [-0.25, -0.2) is 4.79 Å². The van der Waals surface area contributed by atoms with Crippen molar-refractivity contribution in [3.63, 3.8) is 0 Å². The smallest absolute Gasteiger partial charge is 0.418 e. The number of aromatic nitrogens is 1. The number of para-hydroxylation sites is 1. The number of anilines is 1. The van der Waals surface area contributed by atoms with Crippen LogP contribution in [0.2, 0.25) is 0 Å². The van der Waals surface area contributed by atoms with Gasteiger partial charge in [0.1, 0.15) is 17.2 Å². The molecular formula is C22H19F3N4O3. The summed E-state index contributed by atoms with van der Waals surface area (Å²) in [5.74, 6) is 0.484. The fourth-order valence-corrected chi connectivity index (χ4v) is 2.77. The lowest BCUT2D eigenvalue weighted by molar-refractivity contribution is -0.136. The monoisotopic (exact) mass is 444 g/mol.